The van der Waals surface area contributed by atoms with Crippen LogP contribution in [0.5, 0.6) is 0 Å². The van der Waals surface area contributed by atoms with Gasteiger partial charge in [-0.05, 0) is 51.3 Å². The van der Waals surface area contributed by atoms with Gasteiger partial charge in [0.1, 0.15) is 5.60 Å². The van der Waals surface area contributed by atoms with Gasteiger partial charge in [-0.3, -0.25) is 0 Å². The summed E-state index contributed by atoms with van der Waals surface area (Å²) in [7, 11) is -3.46. The van der Waals surface area contributed by atoms with Gasteiger partial charge < -0.3 is 10.1 Å². The first-order valence-electron chi connectivity index (χ1n) is 8.78. The van der Waals surface area contributed by atoms with Crippen LogP contribution in [-0.4, -0.2) is 43.5 Å². The Morgan fingerprint density at radius 1 is 1.27 bits per heavy atom. The van der Waals surface area contributed by atoms with E-state index in [9.17, 15) is 13.2 Å². The highest BCUT2D eigenvalue weighted by atomic mass is 79.9. The van der Waals surface area contributed by atoms with Crippen molar-refractivity contribution in [2.24, 2.45) is 0 Å². The molecule has 0 spiro atoms. The highest BCUT2D eigenvalue weighted by Crippen LogP contribution is 2.23. The molecule has 1 aliphatic heterocycles. The average Bonchev–Trinajstić information content (AvgIpc) is 2.53. The lowest BCUT2D eigenvalue weighted by molar-refractivity contribution is 0.0512. The van der Waals surface area contributed by atoms with Gasteiger partial charge in [0.2, 0.25) is 10.0 Å². The molecule has 1 amide bonds. The molecule has 0 aliphatic carbocycles. The average molecular weight is 447 g/mol. The van der Waals surface area contributed by atoms with Crippen molar-refractivity contribution >= 4 is 32.0 Å². The van der Waals surface area contributed by atoms with Crippen LogP contribution in [0.15, 0.2) is 28.7 Å². The minimum absolute atomic E-state index is 0.0385. The van der Waals surface area contributed by atoms with Gasteiger partial charge in [-0.15, -0.1) is 0 Å². The summed E-state index contributed by atoms with van der Waals surface area (Å²) in [6.45, 7) is 6.13. The Morgan fingerprint density at radius 3 is 2.54 bits per heavy atom. The summed E-state index contributed by atoms with van der Waals surface area (Å²) < 4.78 is 33.5. The van der Waals surface area contributed by atoms with E-state index in [-0.39, 0.29) is 18.3 Å². The molecule has 1 saturated heterocycles. The topological polar surface area (TPSA) is 75.7 Å². The van der Waals surface area contributed by atoms with Crippen molar-refractivity contribution in [2.75, 3.05) is 13.1 Å². The first kappa shape index (κ1) is 21.2. The summed E-state index contributed by atoms with van der Waals surface area (Å²) in [5, 5.41) is 2.71. The molecule has 8 heteroatoms. The summed E-state index contributed by atoms with van der Waals surface area (Å²) in [4.78, 5) is 11.9. The maximum Gasteiger partial charge on any atom is 0.407 e. The molecular formula is C18H27BrN2O4S. The molecule has 1 N–H and O–H groups in total. The number of benzene rings is 1. The smallest absolute Gasteiger partial charge is 0.407 e. The van der Waals surface area contributed by atoms with Crippen LogP contribution in [-0.2, 0) is 20.5 Å². The summed E-state index contributed by atoms with van der Waals surface area (Å²) in [5.41, 5.74) is 0.168. The van der Waals surface area contributed by atoms with Crippen LogP contribution < -0.4 is 5.32 Å². The third kappa shape index (κ3) is 6.55. The predicted molar refractivity (Wildman–Crippen MR) is 105 cm³/mol. The molecule has 1 fully saturated rings. The standard InChI is InChI=1S/C18H27BrN2O4S/c1-18(2,3)25-17(22)20-12-16-6-4-5-11-21(16)26(23,24)13-14-7-9-15(19)10-8-14/h7-10,16H,4-6,11-13H2,1-3H3,(H,20,22)/t16-/m0/s1. The number of piperidine rings is 1. The third-order valence-corrected chi connectivity index (χ3v) is 6.50. The summed E-state index contributed by atoms with van der Waals surface area (Å²) in [6.07, 6.45) is 2.00. The van der Waals surface area contributed by atoms with Gasteiger partial charge in [-0.25, -0.2) is 13.2 Å². The van der Waals surface area contributed by atoms with Crippen molar-refractivity contribution in [3.05, 3.63) is 34.3 Å². The molecule has 1 atom stereocenters. The highest BCUT2D eigenvalue weighted by molar-refractivity contribution is 9.10. The van der Waals surface area contributed by atoms with E-state index in [4.69, 9.17) is 4.74 Å². The van der Waals surface area contributed by atoms with E-state index in [2.05, 4.69) is 21.2 Å². The van der Waals surface area contributed by atoms with Gasteiger partial charge in [0, 0.05) is 23.6 Å². The zero-order chi connectivity index (χ0) is 19.4. The number of hydrogen-bond acceptors (Lipinski definition) is 4. The third-order valence-electron chi connectivity index (χ3n) is 4.07. The van der Waals surface area contributed by atoms with E-state index in [0.717, 1.165) is 29.3 Å². The summed E-state index contributed by atoms with van der Waals surface area (Å²) in [5.74, 6) is -0.0385. The van der Waals surface area contributed by atoms with Crippen molar-refractivity contribution in [2.45, 2.75) is 57.4 Å². The van der Waals surface area contributed by atoms with Gasteiger partial charge in [0.25, 0.3) is 0 Å². The lowest BCUT2D eigenvalue weighted by Crippen LogP contribution is -2.50. The summed E-state index contributed by atoms with van der Waals surface area (Å²) >= 11 is 3.35. The normalized spacial score (nSPS) is 19.2. The zero-order valence-corrected chi connectivity index (χ0v) is 17.9. The molecule has 1 heterocycles. The van der Waals surface area contributed by atoms with E-state index >= 15 is 0 Å². The number of alkyl carbamates (subject to hydrolysis) is 1. The first-order chi connectivity index (χ1) is 12.1. The number of hydrogen-bond donors (Lipinski definition) is 1. The van der Waals surface area contributed by atoms with Gasteiger partial charge in [-0.2, -0.15) is 4.31 Å². The molecule has 0 radical (unpaired) electrons. The Hall–Kier alpha value is -1.12. The predicted octanol–water partition coefficient (Wildman–Crippen LogP) is 3.66. The maximum atomic E-state index is 12.9. The van der Waals surface area contributed by atoms with E-state index in [1.165, 1.54) is 4.31 Å². The van der Waals surface area contributed by atoms with Crippen LogP contribution >= 0.6 is 15.9 Å². The molecule has 0 saturated carbocycles. The molecule has 0 bridgehead atoms. The van der Waals surface area contributed by atoms with Crippen molar-refractivity contribution in [1.82, 2.24) is 9.62 Å². The largest absolute Gasteiger partial charge is 0.444 e. The highest BCUT2D eigenvalue weighted by Gasteiger charge is 2.32. The van der Waals surface area contributed by atoms with Gasteiger partial charge in [-0.1, -0.05) is 34.5 Å². The van der Waals surface area contributed by atoms with Crippen molar-refractivity contribution < 1.29 is 17.9 Å². The number of nitrogens with zero attached hydrogens (tertiary/aromatic N) is 1. The van der Waals surface area contributed by atoms with Gasteiger partial charge >= 0.3 is 6.09 Å². The van der Waals surface area contributed by atoms with E-state index in [1.807, 2.05) is 12.1 Å². The molecule has 146 valence electrons. The first-order valence-corrected chi connectivity index (χ1v) is 11.2. The van der Waals surface area contributed by atoms with Crippen LogP contribution in [0.2, 0.25) is 0 Å². The molecule has 26 heavy (non-hydrogen) atoms. The Kier molecular flexibility index (Phi) is 7.10. The lowest BCUT2D eigenvalue weighted by Gasteiger charge is -2.35. The monoisotopic (exact) mass is 446 g/mol. The second kappa shape index (κ2) is 8.71. The lowest BCUT2D eigenvalue weighted by atomic mass is 10.1. The minimum atomic E-state index is -3.46. The number of carbonyl (C=O) groups is 1. The van der Waals surface area contributed by atoms with Gasteiger partial charge in [0.05, 0.1) is 5.75 Å². The van der Waals surface area contributed by atoms with Crippen molar-refractivity contribution in [3.8, 4) is 0 Å². The number of nitrogens with one attached hydrogen (secondary N) is 1. The van der Waals surface area contributed by atoms with Crippen LogP contribution in [0.25, 0.3) is 0 Å². The molecule has 2 rings (SSSR count). The maximum absolute atomic E-state index is 12.9. The van der Waals surface area contributed by atoms with Crippen molar-refractivity contribution in [1.29, 1.82) is 0 Å². The van der Waals surface area contributed by atoms with E-state index in [0.29, 0.717) is 6.54 Å². The second-order valence-corrected chi connectivity index (χ2v) is 10.4. The zero-order valence-electron chi connectivity index (χ0n) is 15.5. The number of rotatable bonds is 5. The van der Waals surface area contributed by atoms with Gasteiger partial charge in [0.15, 0.2) is 0 Å². The quantitative estimate of drug-likeness (QED) is 0.748. The Bertz CT molecular complexity index is 714. The van der Waals surface area contributed by atoms with E-state index in [1.54, 1.807) is 32.9 Å². The minimum Gasteiger partial charge on any atom is -0.444 e. The molecule has 0 unspecified atom stereocenters. The van der Waals surface area contributed by atoms with Crippen molar-refractivity contribution in [3.63, 3.8) is 0 Å². The Labute approximate surface area is 164 Å². The molecule has 1 aliphatic rings. The van der Waals surface area contributed by atoms with Crippen LogP contribution in [0.3, 0.4) is 0 Å². The Balaban J connectivity index is 2.02. The Morgan fingerprint density at radius 2 is 1.92 bits per heavy atom. The molecule has 1 aromatic carbocycles. The van der Waals surface area contributed by atoms with Crippen LogP contribution in [0.4, 0.5) is 4.79 Å². The van der Waals surface area contributed by atoms with Crippen LogP contribution in [0, 0.1) is 0 Å². The molecule has 0 aromatic heterocycles. The second-order valence-electron chi connectivity index (χ2n) is 7.53. The fraction of sp³-hybridized carbons (Fsp3) is 0.611. The van der Waals surface area contributed by atoms with E-state index < -0.39 is 21.7 Å². The number of carbonyl (C=O) groups excluding carboxylic acids is 1. The molecule has 1 aromatic rings. The number of sulfonamides is 1. The number of ether oxygens (including phenoxy) is 1. The van der Waals surface area contributed by atoms with Crippen LogP contribution in [0.1, 0.15) is 45.6 Å². The number of amides is 1. The number of halogens is 1. The molecular weight excluding hydrogens is 420 g/mol. The fourth-order valence-electron chi connectivity index (χ4n) is 2.93. The molecule has 6 nitrogen and oxygen atoms in total. The SMILES string of the molecule is CC(C)(C)OC(=O)NC[C@@H]1CCCCN1S(=O)(=O)Cc1ccc(Br)cc1. The summed E-state index contributed by atoms with van der Waals surface area (Å²) in [6, 6.07) is 7.04. The fourth-order valence-corrected chi connectivity index (χ4v) is 5.02.